The van der Waals surface area contributed by atoms with Crippen molar-refractivity contribution < 1.29 is 27.1 Å². The molecule has 0 aliphatic heterocycles. The van der Waals surface area contributed by atoms with E-state index in [1.807, 2.05) is 0 Å². The van der Waals surface area contributed by atoms with Crippen molar-refractivity contribution in [1.82, 2.24) is 0 Å². The van der Waals surface area contributed by atoms with Crippen LogP contribution in [0.2, 0.25) is 0 Å². The van der Waals surface area contributed by atoms with Gasteiger partial charge in [-0.2, -0.15) is 8.78 Å². The predicted molar refractivity (Wildman–Crippen MR) is 33.7 cm³/mol. The third-order valence-corrected chi connectivity index (χ3v) is 1.19. The Balaban J connectivity index is 0.00000144. The summed E-state index contributed by atoms with van der Waals surface area (Å²) in [5.41, 5.74) is 0. The molecule has 0 aliphatic carbocycles. The minimum absolute atomic E-state index is 0. The predicted octanol–water partition coefficient (Wildman–Crippen LogP) is 1.71. The smallest absolute Gasteiger partial charge is 0.206 e. The van der Waals surface area contributed by atoms with Gasteiger partial charge in [0, 0.05) is 29.6 Å². The van der Waals surface area contributed by atoms with Crippen molar-refractivity contribution in [3.63, 3.8) is 0 Å². The van der Waals surface area contributed by atoms with E-state index in [2.05, 4.69) is 0 Å². The molecule has 1 rings (SSSR count). The van der Waals surface area contributed by atoms with Gasteiger partial charge < -0.3 is 5.11 Å². The zero-order valence-electron chi connectivity index (χ0n) is 6.34. The summed E-state index contributed by atoms with van der Waals surface area (Å²) >= 11 is 0. The van der Waals surface area contributed by atoms with Gasteiger partial charge in [-0.1, -0.05) is 0 Å². The van der Waals surface area contributed by atoms with Crippen LogP contribution >= 0.6 is 0 Å². The average Bonchev–Trinajstić information content (AvgIpc) is 2.08. The molecule has 0 saturated heterocycles. The van der Waals surface area contributed by atoms with E-state index in [-0.39, 0.29) is 29.6 Å². The molecule has 0 spiro atoms. The Morgan fingerprint density at radius 1 is 0.615 bits per heavy atom. The number of benzene rings is 1. The van der Waals surface area contributed by atoms with Gasteiger partial charge in [0.25, 0.3) is 0 Å². The fourth-order valence-corrected chi connectivity index (χ4v) is 0.593. The molecule has 0 saturated carbocycles. The standard InChI is InChI=1S/C6HF5O.Na/c7-1-2(8)4(10)6(12)5(11)3(1)9;/h12H;. The Labute approximate surface area is 91.5 Å². The third kappa shape index (κ3) is 1.95. The van der Waals surface area contributed by atoms with E-state index in [1.165, 1.54) is 0 Å². The van der Waals surface area contributed by atoms with Crippen molar-refractivity contribution in [3.05, 3.63) is 29.1 Å². The molecular weight excluding hydrogens is 206 g/mol. The van der Waals surface area contributed by atoms with Crippen LogP contribution in [0.25, 0.3) is 0 Å². The van der Waals surface area contributed by atoms with Crippen LogP contribution in [-0.2, 0) is 0 Å². The molecule has 0 amide bonds. The number of hydrogen-bond acceptors (Lipinski definition) is 1. The zero-order valence-corrected chi connectivity index (χ0v) is 8.34. The molecule has 1 radical (unpaired) electrons. The molecule has 0 bridgehead atoms. The van der Waals surface area contributed by atoms with Gasteiger partial charge in [-0.05, 0) is 0 Å². The molecule has 67 valence electrons. The maximum atomic E-state index is 12.2. The molecule has 7 heteroatoms. The second-order valence-electron chi connectivity index (χ2n) is 1.92. The Morgan fingerprint density at radius 2 is 0.846 bits per heavy atom. The third-order valence-electron chi connectivity index (χ3n) is 1.19. The van der Waals surface area contributed by atoms with Crippen LogP contribution in [-0.4, -0.2) is 34.7 Å². The van der Waals surface area contributed by atoms with Gasteiger partial charge in [-0.15, -0.1) is 0 Å². The van der Waals surface area contributed by atoms with Crippen LogP contribution in [0.15, 0.2) is 0 Å². The largest absolute Gasteiger partial charge is 0.503 e. The summed E-state index contributed by atoms with van der Waals surface area (Å²) in [6.45, 7) is 0. The van der Waals surface area contributed by atoms with E-state index in [9.17, 15) is 22.0 Å². The number of aromatic hydroxyl groups is 1. The molecule has 1 nitrogen and oxygen atoms in total. The van der Waals surface area contributed by atoms with E-state index in [0.717, 1.165) is 0 Å². The van der Waals surface area contributed by atoms with E-state index >= 15 is 0 Å². The molecule has 0 unspecified atom stereocenters. The van der Waals surface area contributed by atoms with Crippen LogP contribution in [0.5, 0.6) is 5.75 Å². The summed E-state index contributed by atoms with van der Waals surface area (Å²) in [6.07, 6.45) is 0. The molecule has 0 aliphatic rings. The van der Waals surface area contributed by atoms with Gasteiger partial charge in [0.2, 0.25) is 29.1 Å². The molecule has 0 atom stereocenters. The summed E-state index contributed by atoms with van der Waals surface area (Å²) in [7, 11) is 0. The van der Waals surface area contributed by atoms with Gasteiger partial charge in [-0.25, -0.2) is 13.2 Å². The normalized spacial score (nSPS) is 9.62. The summed E-state index contributed by atoms with van der Waals surface area (Å²) in [6, 6.07) is 0. The van der Waals surface area contributed by atoms with E-state index < -0.39 is 34.8 Å². The number of hydrogen-bond donors (Lipinski definition) is 1. The zero-order chi connectivity index (χ0) is 9.46. The maximum Gasteiger partial charge on any atom is 0.206 e. The first-order valence-corrected chi connectivity index (χ1v) is 2.67. The van der Waals surface area contributed by atoms with Crippen molar-refractivity contribution in [2.24, 2.45) is 0 Å². The fourth-order valence-electron chi connectivity index (χ4n) is 0.593. The number of phenols is 1. The second-order valence-corrected chi connectivity index (χ2v) is 1.92. The van der Waals surface area contributed by atoms with Gasteiger partial charge in [-0.3, -0.25) is 0 Å². The summed E-state index contributed by atoms with van der Waals surface area (Å²) in [5.74, 6) is -12.9. The van der Waals surface area contributed by atoms with E-state index in [0.29, 0.717) is 0 Å². The van der Waals surface area contributed by atoms with E-state index in [4.69, 9.17) is 5.11 Å². The quantitative estimate of drug-likeness (QED) is 0.297. The van der Waals surface area contributed by atoms with Crippen LogP contribution in [0.4, 0.5) is 22.0 Å². The number of halogens is 5. The Morgan fingerprint density at radius 3 is 1.15 bits per heavy atom. The number of rotatable bonds is 0. The molecular formula is C6HF5NaO. The van der Waals surface area contributed by atoms with Crippen molar-refractivity contribution in [3.8, 4) is 5.75 Å². The first-order valence-electron chi connectivity index (χ1n) is 2.67. The van der Waals surface area contributed by atoms with Crippen LogP contribution in [0.1, 0.15) is 0 Å². The fraction of sp³-hybridized carbons (Fsp3) is 0. The molecule has 1 aromatic rings. The van der Waals surface area contributed by atoms with Gasteiger partial charge >= 0.3 is 0 Å². The summed E-state index contributed by atoms with van der Waals surface area (Å²) in [5, 5.41) is 8.30. The molecule has 13 heavy (non-hydrogen) atoms. The molecule has 1 N–H and O–H groups in total. The molecule has 1 aromatic carbocycles. The maximum absolute atomic E-state index is 12.2. The SMILES string of the molecule is Oc1c(F)c(F)c(F)c(F)c1F.[Na]. The van der Waals surface area contributed by atoms with Crippen LogP contribution in [0, 0.1) is 29.1 Å². The minimum Gasteiger partial charge on any atom is -0.503 e. The van der Waals surface area contributed by atoms with Gasteiger partial charge in [0.05, 0.1) is 0 Å². The topological polar surface area (TPSA) is 20.2 Å². The van der Waals surface area contributed by atoms with Gasteiger partial charge in [0.1, 0.15) is 0 Å². The van der Waals surface area contributed by atoms with Crippen molar-refractivity contribution in [1.29, 1.82) is 0 Å². The number of phenolic OH excluding ortho intramolecular Hbond substituents is 1. The molecule has 0 fully saturated rings. The minimum atomic E-state index is -2.29. The Hall–Kier alpha value is -0.330. The summed E-state index contributed by atoms with van der Waals surface area (Å²) < 4.78 is 60.6. The Kier molecular flexibility index (Phi) is 4.15. The van der Waals surface area contributed by atoms with Gasteiger partial charge in [0.15, 0.2) is 5.75 Å². The molecule has 0 heterocycles. The average molecular weight is 207 g/mol. The van der Waals surface area contributed by atoms with E-state index in [1.54, 1.807) is 0 Å². The van der Waals surface area contributed by atoms with Crippen molar-refractivity contribution in [2.45, 2.75) is 0 Å². The van der Waals surface area contributed by atoms with Crippen LogP contribution in [0.3, 0.4) is 0 Å². The monoisotopic (exact) mass is 207 g/mol. The first kappa shape index (κ1) is 12.7. The summed E-state index contributed by atoms with van der Waals surface area (Å²) in [4.78, 5) is 0. The van der Waals surface area contributed by atoms with Crippen molar-refractivity contribution >= 4 is 29.6 Å². The Bertz CT molecular complexity index is 235. The van der Waals surface area contributed by atoms with Crippen LogP contribution < -0.4 is 0 Å². The first-order chi connectivity index (χ1) is 5.46. The second kappa shape index (κ2) is 4.26. The molecule has 0 aromatic heterocycles. The van der Waals surface area contributed by atoms with Crippen molar-refractivity contribution in [2.75, 3.05) is 0 Å².